The third-order valence-electron chi connectivity index (χ3n) is 4.29. The first-order valence-electron chi connectivity index (χ1n) is 8.29. The van der Waals surface area contributed by atoms with Gasteiger partial charge in [-0.15, -0.1) is 0 Å². The number of hydrogen-bond donors (Lipinski definition) is 0. The highest BCUT2D eigenvalue weighted by Crippen LogP contribution is 2.14. The molecule has 0 radical (unpaired) electrons. The number of nitrogens with zero attached hydrogens (tertiary/aromatic N) is 2. The first-order valence-corrected chi connectivity index (χ1v) is 9.46. The maximum atomic E-state index is 12.3. The number of hydrogen-bond acceptors (Lipinski definition) is 2. The molecule has 2 aromatic carbocycles. The van der Waals surface area contributed by atoms with Crippen LogP contribution < -0.4 is 0 Å². The number of amides is 1. The van der Waals surface area contributed by atoms with Crippen molar-refractivity contribution in [1.29, 1.82) is 0 Å². The Morgan fingerprint density at radius 1 is 1.00 bits per heavy atom. The van der Waals surface area contributed by atoms with Crippen molar-refractivity contribution in [3.05, 3.63) is 75.2 Å². The van der Waals surface area contributed by atoms with E-state index in [2.05, 4.69) is 45.1 Å². The summed E-state index contributed by atoms with van der Waals surface area (Å²) in [5.74, 6) is 0.0678. The van der Waals surface area contributed by atoms with Crippen LogP contribution in [0.25, 0.3) is 6.08 Å². The van der Waals surface area contributed by atoms with Gasteiger partial charge in [0.05, 0.1) is 0 Å². The molecule has 130 valence electrons. The second kappa shape index (κ2) is 8.65. The minimum Gasteiger partial charge on any atom is -0.337 e. The minimum atomic E-state index is 0.0678. The van der Waals surface area contributed by atoms with Crippen LogP contribution in [-0.4, -0.2) is 41.9 Å². The molecule has 5 heteroatoms. The van der Waals surface area contributed by atoms with Crippen LogP contribution in [0, 0.1) is 0 Å². The largest absolute Gasteiger partial charge is 0.337 e. The van der Waals surface area contributed by atoms with Crippen molar-refractivity contribution in [1.82, 2.24) is 9.80 Å². The molecule has 0 aliphatic carbocycles. The van der Waals surface area contributed by atoms with E-state index < -0.39 is 0 Å². The summed E-state index contributed by atoms with van der Waals surface area (Å²) in [6.45, 7) is 4.25. The van der Waals surface area contributed by atoms with Crippen LogP contribution in [0.3, 0.4) is 0 Å². The number of rotatable bonds is 4. The lowest BCUT2D eigenvalue weighted by Crippen LogP contribution is -2.47. The van der Waals surface area contributed by atoms with Crippen LogP contribution in [-0.2, 0) is 11.3 Å². The van der Waals surface area contributed by atoms with Gasteiger partial charge in [-0.3, -0.25) is 9.69 Å². The SMILES string of the molecule is O=C(/C=C/c1ccc(Cl)cc1)N1CCN(Cc2ccc(Br)cc2)CC1. The Morgan fingerprint density at radius 2 is 1.64 bits per heavy atom. The number of halogens is 2. The van der Waals surface area contributed by atoms with E-state index in [-0.39, 0.29) is 5.91 Å². The van der Waals surface area contributed by atoms with Crippen molar-refractivity contribution in [2.75, 3.05) is 26.2 Å². The van der Waals surface area contributed by atoms with Crippen LogP contribution in [0.2, 0.25) is 5.02 Å². The molecule has 0 spiro atoms. The fraction of sp³-hybridized carbons (Fsp3) is 0.250. The normalized spacial score (nSPS) is 15.7. The van der Waals surface area contributed by atoms with Gasteiger partial charge in [0.2, 0.25) is 5.91 Å². The molecule has 0 atom stereocenters. The monoisotopic (exact) mass is 418 g/mol. The first kappa shape index (κ1) is 18.2. The van der Waals surface area contributed by atoms with Gasteiger partial charge in [-0.1, -0.05) is 51.8 Å². The van der Waals surface area contributed by atoms with E-state index >= 15 is 0 Å². The molecule has 1 heterocycles. The van der Waals surface area contributed by atoms with E-state index in [1.54, 1.807) is 6.08 Å². The molecule has 1 fully saturated rings. The Balaban J connectivity index is 1.48. The van der Waals surface area contributed by atoms with Gasteiger partial charge in [0, 0.05) is 48.3 Å². The molecule has 1 saturated heterocycles. The fourth-order valence-corrected chi connectivity index (χ4v) is 3.21. The molecule has 3 nitrogen and oxygen atoms in total. The highest BCUT2D eigenvalue weighted by Gasteiger charge is 2.19. The van der Waals surface area contributed by atoms with Crippen LogP contribution >= 0.6 is 27.5 Å². The summed E-state index contributed by atoms with van der Waals surface area (Å²) in [6, 6.07) is 15.9. The van der Waals surface area contributed by atoms with E-state index in [0.29, 0.717) is 5.02 Å². The van der Waals surface area contributed by atoms with E-state index in [4.69, 9.17) is 11.6 Å². The van der Waals surface area contributed by atoms with Crippen LogP contribution in [0.4, 0.5) is 0 Å². The van der Waals surface area contributed by atoms with E-state index in [1.165, 1.54) is 5.56 Å². The first-order chi connectivity index (χ1) is 12.1. The Morgan fingerprint density at radius 3 is 2.28 bits per heavy atom. The van der Waals surface area contributed by atoms with Gasteiger partial charge in [-0.05, 0) is 41.5 Å². The molecule has 0 saturated carbocycles. The Kier molecular flexibility index (Phi) is 6.29. The zero-order chi connectivity index (χ0) is 17.6. The van der Waals surface area contributed by atoms with Gasteiger partial charge in [-0.2, -0.15) is 0 Å². The summed E-state index contributed by atoms with van der Waals surface area (Å²) in [4.78, 5) is 16.6. The fourth-order valence-electron chi connectivity index (χ4n) is 2.82. The van der Waals surface area contributed by atoms with E-state index in [1.807, 2.05) is 35.2 Å². The molecule has 2 aromatic rings. The van der Waals surface area contributed by atoms with Gasteiger partial charge >= 0.3 is 0 Å². The Bertz CT molecular complexity index is 735. The average Bonchev–Trinajstić information content (AvgIpc) is 2.63. The number of carbonyl (C=O) groups is 1. The summed E-state index contributed by atoms with van der Waals surface area (Å²) >= 11 is 9.33. The number of benzene rings is 2. The van der Waals surface area contributed by atoms with Gasteiger partial charge in [0.25, 0.3) is 0 Å². The van der Waals surface area contributed by atoms with Crippen molar-refractivity contribution >= 4 is 39.5 Å². The number of carbonyl (C=O) groups excluding carboxylic acids is 1. The van der Waals surface area contributed by atoms with E-state index in [9.17, 15) is 4.79 Å². The molecule has 0 unspecified atom stereocenters. The lowest BCUT2D eigenvalue weighted by atomic mass is 10.2. The van der Waals surface area contributed by atoms with Gasteiger partial charge in [0.15, 0.2) is 0 Å². The third kappa shape index (κ3) is 5.43. The third-order valence-corrected chi connectivity index (χ3v) is 5.07. The molecular formula is C20H20BrClN2O. The molecule has 1 amide bonds. The van der Waals surface area contributed by atoms with Gasteiger partial charge in [-0.25, -0.2) is 0 Å². The molecule has 0 bridgehead atoms. The van der Waals surface area contributed by atoms with Crippen LogP contribution in [0.5, 0.6) is 0 Å². The lowest BCUT2D eigenvalue weighted by Gasteiger charge is -2.34. The zero-order valence-electron chi connectivity index (χ0n) is 13.9. The summed E-state index contributed by atoms with van der Waals surface area (Å²) in [5, 5.41) is 0.699. The maximum absolute atomic E-state index is 12.3. The summed E-state index contributed by atoms with van der Waals surface area (Å²) in [5.41, 5.74) is 2.28. The van der Waals surface area contributed by atoms with Crippen molar-refractivity contribution in [3.8, 4) is 0 Å². The van der Waals surface area contributed by atoms with Crippen molar-refractivity contribution in [3.63, 3.8) is 0 Å². The average molecular weight is 420 g/mol. The summed E-state index contributed by atoms with van der Waals surface area (Å²) < 4.78 is 1.10. The predicted octanol–water partition coefficient (Wildman–Crippen LogP) is 4.46. The summed E-state index contributed by atoms with van der Waals surface area (Å²) in [6.07, 6.45) is 3.49. The second-order valence-electron chi connectivity index (χ2n) is 6.11. The molecule has 0 aromatic heterocycles. The quantitative estimate of drug-likeness (QED) is 0.683. The number of piperazine rings is 1. The standard InChI is InChI=1S/C20H20BrClN2O/c21-18-6-1-17(2-7-18)15-23-11-13-24(14-12-23)20(25)10-5-16-3-8-19(22)9-4-16/h1-10H,11-15H2/b10-5+. The van der Waals surface area contributed by atoms with Crippen molar-refractivity contribution in [2.24, 2.45) is 0 Å². The highest BCUT2D eigenvalue weighted by molar-refractivity contribution is 9.10. The van der Waals surface area contributed by atoms with Crippen LogP contribution in [0.1, 0.15) is 11.1 Å². The molecule has 25 heavy (non-hydrogen) atoms. The molecule has 1 aliphatic rings. The van der Waals surface area contributed by atoms with E-state index in [0.717, 1.165) is 42.8 Å². The molecule has 0 N–H and O–H groups in total. The van der Waals surface area contributed by atoms with Gasteiger partial charge < -0.3 is 4.90 Å². The maximum Gasteiger partial charge on any atom is 0.246 e. The van der Waals surface area contributed by atoms with Gasteiger partial charge in [0.1, 0.15) is 0 Å². The van der Waals surface area contributed by atoms with Crippen molar-refractivity contribution < 1.29 is 4.79 Å². The second-order valence-corrected chi connectivity index (χ2v) is 7.46. The van der Waals surface area contributed by atoms with Crippen LogP contribution in [0.15, 0.2) is 59.1 Å². The topological polar surface area (TPSA) is 23.6 Å². The Hall–Kier alpha value is -1.62. The lowest BCUT2D eigenvalue weighted by molar-refractivity contribution is -0.127. The summed E-state index contributed by atoms with van der Waals surface area (Å²) in [7, 11) is 0. The zero-order valence-corrected chi connectivity index (χ0v) is 16.2. The Labute approximate surface area is 162 Å². The molecule has 3 rings (SSSR count). The smallest absolute Gasteiger partial charge is 0.246 e. The minimum absolute atomic E-state index is 0.0678. The molecule has 1 aliphatic heterocycles. The predicted molar refractivity (Wildman–Crippen MR) is 106 cm³/mol. The molecular weight excluding hydrogens is 400 g/mol. The highest BCUT2D eigenvalue weighted by atomic mass is 79.9. The van der Waals surface area contributed by atoms with Crippen molar-refractivity contribution in [2.45, 2.75) is 6.54 Å².